The summed E-state index contributed by atoms with van der Waals surface area (Å²) in [6.45, 7) is 0. The summed E-state index contributed by atoms with van der Waals surface area (Å²) in [4.78, 5) is 0. The van der Waals surface area contributed by atoms with E-state index >= 15 is 0 Å². The molecule has 0 aromatic heterocycles. The fraction of sp³-hybridized carbons (Fsp3) is 0. The molecule has 0 heterocycles. The molecule has 0 aromatic rings. The van der Waals surface area contributed by atoms with E-state index in [0.29, 0.717) is 0 Å². The van der Waals surface area contributed by atoms with Gasteiger partial charge in [0, 0.05) is 0 Å². The van der Waals surface area contributed by atoms with Gasteiger partial charge in [0.15, 0.2) is 0 Å². The minimum absolute atomic E-state index is 0. The number of rotatable bonds is 0. The maximum atomic E-state index is 0. The summed E-state index contributed by atoms with van der Waals surface area (Å²) in [5.74, 6) is 0. The Hall–Kier alpha value is 1.23. The van der Waals surface area contributed by atoms with Gasteiger partial charge in [-0.05, 0) is 0 Å². The molecule has 6 heavy (non-hydrogen) atoms. The molecule has 0 aromatic carbocycles. The molecule has 6 heteroatoms. The van der Waals surface area contributed by atoms with E-state index in [2.05, 4.69) is 0 Å². The quantitative estimate of drug-likeness (QED) is 0.306. The van der Waals surface area contributed by atoms with Gasteiger partial charge < -0.3 is 41.2 Å². The van der Waals surface area contributed by atoms with Crippen molar-refractivity contribution >= 4 is 23.1 Å². The van der Waals surface area contributed by atoms with Gasteiger partial charge in [-0.25, -0.2) is 0 Å². The Kier molecular flexibility index (Phi) is 3510. The molecular formula is H6Cl2MgO3. The van der Waals surface area contributed by atoms with E-state index in [1.165, 1.54) is 0 Å². The third-order valence-corrected chi connectivity index (χ3v) is 0. The van der Waals surface area contributed by atoms with Crippen LogP contribution in [0.1, 0.15) is 0 Å². The summed E-state index contributed by atoms with van der Waals surface area (Å²) in [6, 6.07) is 0. The molecule has 0 aliphatic rings. The Morgan fingerprint density at radius 1 is 0.500 bits per heavy atom. The van der Waals surface area contributed by atoms with E-state index in [1.807, 2.05) is 0 Å². The number of hydrogen-bond donors (Lipinski definition) is 0. The van der Waals surface area contributed by atoms with Gasteiger partial charge in [0.25, 0.3) is 0 Å². The van der Waals surface area contributed by atoms with Crippen molar-refractivity contribution in [3.05, 3.63) is 0 Å². The summed E-state index contributed by atoms with van der Waals surface area (Å²) in [7, 11) is 0. The van der Waals surface area contributed by atoms with Gasteiger partial charge in [0.2, 0.25) is 0 Å². The third kappa shape index (κ3) is 62.1. The van der Waals surface area contributed by atoms with Crippen molar-refractivity contribution in [2.75, 3.05) is 0 Å². The zero-order chi connectivity index (χ0) is 0. The van der Waals surface area contributed by atoms with Crippen LogP contribution in [0.3, 0.4) is 0 Å². The summed E-state index contributed by atoms with van der Waals surface area (Å²) >= 11 is 0. The molecule has 0 radical (unpaired) electrons. The van der Waals surface area contributed by atoms with Gasteiger partial charge in [-0.3, -0.25) is 0 Å². The van der Waals surface area contributed by atoms with Crippen LogP contribution in [0.5, 0.6) is 0 Å². The van der Waals surface area contributed by atoms with E-state index in [9.17, 15) is 0 Å². The van der Waals surface area contributed by atoms with Crippen molar-refractivity contribution in [2.24, 2.45) is 0 Å². The minimum Gasteiger partial charge on any atom is -1.00 e. The van der Waals surface area contributed by atoms with Gasteiger partial charge in [0.1, 0.15) is 0 Å². The van der Waals surface area contributed by atoms with Gasteiger partial charge in [-0.1, -0.05) is 0 Å². The second-order valence-electron chi connectivity index (χ2n) is 0. The van der Waals surface area contributed by atoms with Crippen molar-refractivity contribution in [3.63, 3.8) is 0 Å². The molecule has 0 amide bonds. The van der Waals surface area contributed by atoms with Crippen molar-refractivity contribution in [3.8, 4) is 0 Å². The zero-order valence-corrected chi connectivity index (χ0v) is 5.89. The first-order chi connectivity index (χ1) is 0. The monoisotopic (exact) mass is 148 g/mol. The largest absolute Gasteiger partial charge is 2.00 e. The van der Waals surface area contributed by atoms with Crippen LogP contribution in [-0.4, -0.2) is 39.5 Å². The first kappa shape index (κ1) is 186. The molecule has 0 saturated heterocycles. The standard InChI is InChI=1S/2ClH.Mg.3H2O/h2*1H;;3*1H2/q;;+2;;;/p-2. The second kappa shape index (κ2) is 113. The summed E-state index contributed by atoms with van der Waals surface area (Å²) in [5, 5.41) is 0. The van der Waals surface area contributed by atoms with Gasteiger partial charge >= 0.3 is 23.1 Å². The Morgan fingerprint density at radius 2 is 0.500 bits per heavy atom. The maximum Gasteiger partial charge on any atom is 2.00 e. The van der Waals surface area contributed by atoms with E-state index in [-0.39, 0.29) is 64.3 Å². The Bertz CT molecular complexity index is 8.75. The zero-order valence-electron chi connectivity index (χ0n) is 2.96. The summed E-state index contributed by atoms with van der Waals surface area (Å²) < 4.78 is 0. The predicted molar refractivity (Wildman–Crippen MR) is 16.6 cm³/mol. The normalized spacial score (nSPS) is 0. The van der Waals surface area contributed by atoms with Crippen LogP contribution >= 0.6 is 0 Å². The van der Waals surface area contributed by atoms with Crippen molar-refractivity contribution in [2.45, 2.75) is 0 Å². The molecule has 0 aliphatic carbocycles. The van der Waals surface area contributed by atoms with Gasteiger partial charge in [-0.2, -0.15) is 0 Å². The van der Waals surface area contributed by atoms with E-state index in [4.69, 9.17) is 0 Å². The summed E-state index contributed by atoms with van der Waals surface area (Å²) in [5.41, 5.74) is 0. The van der Waals surface area contributed by atoms with Crippen molar-refractivity contribution < 1.29 is 41.2 Å². The predicted octanol–water partition coefficient (Wildman–Crippen LogP) is -8.85. The summed E-state index contributed by atoms with van der Waals surface area (Å²) in [6.07, 6.45) is 0. The molecule has 0 rings (SSSR count). The molecule has 6 N–H and O–H groups in total. The molecule has 40 valence electrons. The SMILES string of the molecule is O.O.O.[Cl-].[Cl-].[Mg+2]. The molecule has 0 saturated carbocycles. The molecule has 0 unspecified atom stereocenters. The third-order valence-electron chi connectivity index (χ3n) is 0. The smallest absolute Gasteiger partial charge is 1.00 e. The van der Waals surface area contributed by atoms with Crippen LogP contribution in [0.2, 0.25) is 0 Å². The number of hydrogen-bond acceptors (Lipinski definition) is 0. The van der Waals surface area contributed by atoms with Gasteiger partial charge in [-0.15, -0.1) is 0 Å². The van der Waals surface area contributed by atoms with Crippen molar-refractivity contribution in [1.82, 2.24) is 0 Å². The Balaban J connectivity index is 0. The molecule has 0 bridgehead atoms. The molecule has 0 spiro atoms. The van der Waals surface area contributed by atoms with Crippen LogP contribution in [0.15, 0.2) is 0 Å². The topological polar surface area (TPSA) is 94.5 Å². The van der Waals surface area contributed by atoms with Crippen molar-refractivity contribution in [1.29, 1.82) is 0 Å². The van der Waals surface area contributed by atoms with E-state index in [1.54, 1.807) is 0 Å². The Morgan fingerprint density at radius 3 is 0.500 bits per heavy atom. The second-order valence-corrected chi connectivity index (χ2v) is 0. The maximum absolute atomic E-state index is 0. The Labute approximate surface area is 64.4 Å². The van der Waals surface area contributed by atoms with Crippen LogP contribution < -0.4 is 24.8 Å². The van der Waals surface area contributed by atoms with Gasteiger partial charge in [0.05, 0.1) is 0 Å². The van der Waals surface area contributed by atoms with Crippen LogP contribution in [-0.2, 0) is 0 Å². The van der Waals surface area contributed by atoms with Crippen LogP contribution in [0, 0.1) is 0 Å². The number of halogens is 2. The van der Waals surface area contributed by atoms with Crippen LogP contribution in [0.25, 0.3) is 0 Å². The molecule has 0 fully saturated rings. The van der Waals surface area contributed by atoms with E-state index in [0.717, 1.165) is 0 Å². The fourth-order valence-corrected chi connectivity index (χ4v) is 0. The van der Waals surface area contributed by atoms with Crippen LogP contribution in [0.4, 0.5) is 0 Å². The first-order valence-corrected chi connectivity index (χ1v) is 0. The fourth-order valence-electron chi connectivity index (χ4n) is 0. The minimum atomic E-state index is 0. The molecular weight excluding hydrogens is 143 g/mol. The molecule has 0 aliphatic heterocycles. The average molecular weight is 149 g/mol. The molecule has 3 nitrogen and oxygen atoms in total. The molecule has 0 atom stereocenters. The average Bonchev–Trinajstić information content (AvgIpc) is 0. The first-order valence-electron chi connectivity index (χ1n) is 0. The van der Waals surface area contributed by atoms with E-state index < -0.39 is 0 Å².